The Morgan fingerprint density at radius 3 is 2.73 bits per heavy atom. The van der Waals surface area contributed by atoms with Gasteiger partial charge in [0.05, 0.1) is 27.8 Å². The third-order valence-corrected chi connectivity index (χ3v) is 9.62. The number of carbonyl (C=O) groups is 1. The number of aromatic nitrogens is 1. The maximum Gasteiger partial charge on any atom is 0.375 e. The molecule has 1 aliphatic heterocycles. The number of phenolic OH excluding ortho intramolecular Hbond substituents is 1. The smallest absolute Gasteiger partial charge is 0.375 e. The number of rotatable bonds is 6. The number of ether oxygens (including phenoxy) is 1. The van der Waals surface area contributed by atoms with E-state index in [1.165, 1.54) is 11.3 Å². The molecule has 1 saturated heterocycles. The molecule has 1 N–H and O–H groups in total. The van der Waals surface area contributed by atoms with Crippen LogP contribution in [-0.4, -0.2) is 40.2 Å². The number of thiazole rings is 1. The van der Waals surface area contributed by atoms with Gasteiger partial charge in [0.1, 0.15) is 21.9 Å². The second-order valence-electron chi connectivity index (χ2n) is 12.6. The first-order valence-corrected chi connectivity index (χ1v) is 15.0. The molecule has 7 nitrogen and oxygen atoms in total. The topological polar surface area (TPSA) is 92.9 Å². The fourth-order valence-corrected chi connectivity index (χ4v) is 8.35. The van der Waals surface area contributed by atoms with Gasteiger partial charge in [-0.2, -0.15) is 0 Å². The number of nitrogens with zero attached hydrogens (tertiary/aromatic N) is 2. The lowest BCUT2D eigenvalue weighted by Crippen LogP contribution is -2.34. The number of esters is 1. The number of fused-ring (bicyclic) bond motifs is 4. The molecular formula is C32H36N2O5S. The van der Waals surface area contributed by atoms with Gasteiger partial charge in [-0.15, -0.1) is 11.3 Å². The molecule has 2 aromatic heterocycles. The zero-order chi connectivity index (χ0) is 28.4. The lowest BCUT2D eigenvalue weighted by Gasteiger charge is -2.40. The number of para-hydroxylation sites is 1. The summed E-state index contributed by atoms with van der Waals surface area (Å²) in [4.78, 5) is 34.5. The predicted molar refractivity (Wildman–Crippen MR) is 158 cm³/mol. The molecule has 1 saturated carbocycles. The van der Waals surface area contributed by atoms with Gasteiger partial charge < -0.3 is 14.3 Å². The average molecular weight is 561 g/mol. The lowest BCUT2D eigenvalue weighted by molar-refractivity contribution is 0.0491. The minimum Gasteiger partial charge on any atom is -0.507 e. The maximum absolute atomic E-state index is 14.2. The molecular weight excluding hydrogens is 524 g/mol. The van der Waals surface area contributed by atoms with Gasteiger partial charge in [-0.05, 0) is 67.2 Å². The van der Waals surface area contributed by atoms with Crippen LogP contribution < -0.4 is 5.43 Å². The van der Waals surface area contributed by atoms with Gasteiger partial charge in [0.25, 0.3) is 0 Å². The Morgan fingerprint density at radius 1 is 1.23 bits per heavy atom. The monoisotopic (exact) mass is 560 g/mol. The number of carbonyl (C=O) groups excluding carboxylic acids is 1. The standard InChI is InChI=1S/C32H36N2O5S/c1-6-18-12-20-26(36)24(29-33-22-10-8-9-11-23(22)40-29)28(30(37)38-7-2)39-27(20)21(25(18)35)15-34-17-32(5)14-19(34)13-31(3,4)16-32/h8-12,19,35H,6-7,13-17H2,1-5H3/t19-,32+/m0/s1. The summed E-state index contributed by atoms with van der Waals surface area (Å²) >= 11 is 1.34. The minimum atomic E-state index is -0.716. The van der Waals surface area contributed by atoms with Crippen LogP contribution in [0, 0.1) is 10.8 Å². The molecule has 0 amide bonds. The van der Waals surface area contributed by atoms with E-state index in [1.54, 1.807) is 13.0 Å². The highest BCUT2D eigenvalue weighted by Gasteiger charge is 2.49. The van der Waals surface area contributed by atoms with Crippen molar-refractivity contribution < 1.29 is 19.1 Å². The largest absolute Gasteiger partial charge is 0.507 e. The fourth-order valence-electron chi connectivity index (χ4n) is 7.34. The molecule has 1 aliphatic carbocycles. The second kappa shape index (κ2) is 9.70. The molecule has 2 bridgehead atoms. The van der Waals surface area contributed by atoms with Gasteiger partial charge >= 0.3 is 5.97 Å². The summed E-state index contributed by atoms with van der Waals surface area (Å²) < 4.78 is 12.6. The Balaban J connectivity index is 1.56. The van der Waals surface area contributed by atoms with E-state index in [4.69, 9.17) is 9.15 Å². The van der Waals surface area contributed by atoms with E-state index in [-0.39, 0.29) is 45.5 Å². The number of likely N-dealkylation sites (tertiary alicyclic amines) is 1. The van der Waals surface area contributed by atoms with E-state index in [9.17, 15) is 14.7 Å². The van der Waals surface area contributed by atoms with Crippen LogP contribution in [0.4, 0.5) is 0 Å². The minimum absolute atomic E-state index is 0.108. The average Bonchev–Trinajstić information content (AvgIpc) is 3.42. The highest BCUT2D eigenvalue weighted by Crippen LogP contribution is 2.53. The third kappa shape index (κ3) is 4.51. The molecule has 0 radical (unpaired) electrons. The van der Waals surface area contributed by atoms with Crippen molar-refractivity contribution in [2.24, 2.45) is 10.8 Å². The number of hydrogen-bond donors (Lipinski definition) is 1. The van der Waals surface area contributed by atoms with Crippen molar-refractivity contribution in [2.45, 2.75) is 72.9 Å². The van der Waals surface area contributed by atoms with Crippen molar-refractivity contribution in [3.8, 4) is 16.3 Å². The van der Waals surface area contributed by atoms with Crippen LogP contribution in [0.15, 0.2) is 39.5 Å². The summed E-state index contributed by atoms with van der Waals surface area (Å²) in [5.74, 6) is -0.754. The fraction of sp³-hybridized carbons (Fsp3) is 0.469. The Kier molecular flexibility index (Phi) is 6.54. The number of phenols is 1. The van der Waals surface area contributed by atoms with Gasteiger partial charge in [-0.3, -0.25) is 9.69 Å². The first-order valence-electron chi connectivity index (χ1n) is 14.1. The Labute approximate surface area is 237 Å². The first kappa shape index (κ1) is 27.0. The van der Waals surface area contributed by atoms with Gasteiger partial charge in [-0.1, -0.05) is 39.8 Å². The number of benzene rings is 2. The third-order valence-electron chi connectivity index (χ3n) is 8.56. The Morgan fingerprint density at radius 2 is 2.00 bits per heavy atom. The van der Waals surface area contributed by atoms with Crippen molar-refractivity contribution in [1.29, 1.82) is 0 Å². The molecule has 3 heterocycles. The van der Waals surface area contributed by atoms with Crippen molar-refractivity contribution in [1.82, 2.24) is 9.88 Å². The normalized spacial score (nSPS) is 22.3. The number of aromatic hydroxyl groups is 1. The number of hydrogen-bond acceptors (Lipinski definition) is 8. The predicted octanol–water partition coefficient (Wildman–Crippen LogP) is 6.92. The molecule has 210 valence electrons. The molecule has 4 aromatic rings. The van der Waals surface area contributed by atoms with Crippen molar-refractivity contribution in [3.63, 3.8) is 0 Å². The SMILES string of the molecule is CCOC(=O)c1oc2c(CN3C[C@]4(C)C[C@@H]3CC(C)(C)C4)c(O)c(CC)cc2c(=O)c1-c1nc2ccccc2s1. The van der Waals surface area contributed by atoms with E-state index in [0.29, 0.717) is 40.5 Å². The molecule has 2 aromatic carbocycles. The molecule has 40 heavy (non-hydrogen) atoms. The van der Waals surface area contributed by atoms with Crippen LogP contribution in [0.2, 0.25) is 0 Å². The maximum atomic E-state index is 14.2. The van der Waals surface area contributed by atoms with Crippen LogP contribution in [0.5, 0.6) is 5.75 Å². The Hall–Kier alpha value is -3.23. The molecule has 2 aliphatic rings. The van der Waals surface area contributed by atoms with Gasteiger partial charge in [-0.25, -0.2) is 9.78 Å². The van der Waals surface area contributed by atoms with Crippen LogP contribution >= 0.6 is 11.3 Å². The first-order chi connectivity index (χ1) is 19.0. The molecule has 0 spiro atoms. The van der Waals surface area contributed by atoms with E-state index in [1.807, 2.05) is 31.2 Å². The van der Waals surface area contributed by atoms with E-state index < -0.39 is 5.97 Å². The zero-order valence-electron chi connectivity index (χ0n) is 23.8. The van der Waals surface area contributed by atoms with Crippen molar-refractivity contribution in [2.75, 3.05) is 13.2 Å². The number of aryl methyl sites for hydroxylation is 1. The van der Waals surface area contributed by atoms with Crippen LogP contribution in [0.1, 0.15) is 75.6 Å². The van der Waals surface area contributed by atoms with Crippen molar-refractivity contribution >= 4 is 38.5 Å². The highest BCUT2D eigenvalue weighted by molar-refractivity contribution is 7.21. The van der Waals surface area contributed by atoms with Crippen molar-refractivity contribution in [3.05, 3.63) is 57.4 Å². The lowest BCUT2D eigenvalue weighted by atomic mass is 9.65. The van der Waals surface area contributed by atoms with E-state index >= 15 is 0 Å². The summed E-state index contributed by atoms with van der Waals surface area (Å²) in [6.45, 7) is 12.2. The Bertz CT molecular complexity index is 1670. The molecule has 8 heteroatoms. The quantitative estimate of drug-likeness (QED) is 0.256. The summed E-state index contributed by atoms with van der Waals surface area (Å²) in [6.07, 6.45) is 3.90. The second-order valence-corrected chi connectivity index (χ2v) is 13.6. The van der Waals surface area contributed by atoms with E-state index in [2.05, 4.69) is 30.7 Å². The molecule has 6 rings (SSSR count). The summed E-state index contributed by atoms with van der Waals surface area (Å²) in [5.41, 5.74) is 2.45. The van der Waals surface area contributed by atoms with Gasteiger partial charge in [0, 0.05) is 19.1 Å². The van der Waals surface area contributed by atoms with Crippen LogP contribution in [-0.2, 0) is 17.7 Å². The summed E-state index contributed by atoms with van der Waals surface area (Å²) in [6, 6.07) is 9.70. The van der Waals surface area contributed by atoms with Gasteiger partial charge in [0.15, 0.2) is 0 Å². The van der Waals surface area contributed by atoms with Crippen LogP contribution in [0.25, 0.3) is 31.8 Å². The molecule has 0 unspecified atom stereocenters. The van der Waals surface area contributed by atoms with Crippen LogP contribution in [0.3, 0.4) is 0 Å². The molecule has 2 atom stereocenters. The molecule has 2 fully saturated rings. The van der Waals surface area contributed by atoms with E-state index in [0.717, 1.165) is 36.0 Å². The zero-order valence-corrected chi connectivity index (χ0v) is 24.6. The summed E-state index contributed by atoms with van der Waals surface area (Å²) in [5, 5.41) is 12.2. The van der Waals surface area contributed by atoms with Gasteiger partial charge in [0.2, 0.25) is 11.2 Å². The highest BCUT2D eigenvalue weighted by atomic mass is 32.1. The summed E-state index contributed by atoms with van der Waals surface area (Å²) in [7, 11) is 0.